The van der Waals surface area contributed by atoms with Gasteiger partial charge in [-0.25, -0.2) is 0 Å². The van der Waals surface area contributed by atoms with Crippen LogP contribution in [0, 0.1) is 0 Å². The summed E-state index contributed by atoms with van der Waals surface area (Å²) in [4.78, 5) is 0. The first-order chi connectivity index (χ1) is 9.06. The fraction of sp³-hybridized carbons (Fsp3) is 0.250. The lowest BCUT2D eigenvalue weighted by atomic mass is 9.90. The molecular formula is C16H13F3. The van der Waals surface area contributed by atoms with E-state index in [9.17, 15) is 13.2 Å². The standard InChI is InChI=1S/C16H13F3/c17-16(18,19)15(13-9-5-2-6-10-13)11-14(15)12-7-3-1-4-8-12/h1-10,14H,11H2. The maximum atomic E-state index is 13.5. The molecule has 98 valence electrons. The molecule has 3 rings (SSSR count). The number of hydrogen-bond donors (Lipinski definition) is 0. The maximum Gasteiger partial charge on any atom is 0.399 e. The SMILES string of the molecule is FC(F)(F)C1(c2ccccc2)CC1c1ccccc1. The van der Waals surface area contributed by atoms with E-state index < -0.39 is 17.5 Å². The third-order valence-corrected chi connectivity index (χ3v) is 3.96. The summed E-state index contributed by atoms with van der Waals surface area (Å²) in [6, 6.07) is 17.2. The van der Waals surface area contributed by atoms with Gasteiger partial charge in [0.1, 0.15) is 0 Å². The largest absolute Gasteiger partial charge is 0.399 e. The van der Waals surface area contributed by atoms with Gasteiger partial charge in [-0.05, 0) is 17.5 Å². The second-order valence-corrected chi connectivity index (χ2v) is 5.00. The van der Waals surface area contributed by atoms with Crippen molar-refractivity contribution in [2.75, 3.05) is 0 Å². The zero-order valence-corrected chi connectivity index (χ0v) is 10.2. The van der Waals surface area contributed by atoms with Gasteiger partial charge in [-0.1, -0.05) is 60.7 Å². The molecule has 2 aromatic rings. The molecule has 0 amide bonds. The maximum absolute atomic E-state index is 13.5. The normalized spacial score (nSPS) is 26.2. The van der Waals surface area contributed by atoms with Gasteiger partial charge in [0.05, 0.1) is 5.41 Å². The number of hydrogen-bond acceptors (Lipinski definition) is 0. The highest BCUT2D eigenvalue weighted by atomic mass is 19.4. The van der Waals surface area contributed by atoms with Gasteiger partial charge in [0.15, 0.2) is 0 Å². The summed E-state index contributed by atoms with van der Waals surface area (Å²) in [5, 5.41) is 0. The molecule has 0 N–H and O–H groups in total. The fourth-order valence-electron chi connectivity index (χ4n) is 2.88. The molecule has 2 unspecified atom stereocenters. The van der Waals surface area contributed by atoms with Gasteiger partial charge in [0.2, 0.25) is 0 Å². The first-order valence-corrected chi connectivity index (χ1v) is 6.23. The molecule has 0 saturated heterocycles. The average Bonchev–Trinajstić information content (AvgIpc) is 3.17. The lowest BCUT2D eigenvalue weighted by molar-refractivity contribution is -0.162. The number of halogens is 3. The third-order valence-electron chi connectivity index (χ3n) is 3.96. The van der Waals surface area contributed by atoms with Crippen LogP contribution >= 0.6 is 0 Å². The summed E-state index contributed by atoms with van der Waals surface area (Å²) in [6.07, 6.45) is -4.07. The van der Waals surface area contributed by atoms with Gasteiger partial charge in [0, 0.05) is 5.92 Å². The molecule has 1 fully saturated rings. The van der Waals surface area contributed by atoms with Crippen molar-refractivity contribution < 1.29 is 13.2 Å². The Kier molecular flexibility index (Phi) is 2.66. The van der Waals surface area contributed by atoms with Crippen LogP contribution in [-0.2, 0) is 5.41 Å². The molecule has 2 aromatic carbocycles. The Morgan fingerprint density at radius 2 is 1.37 bits per heavy atom. The van der Waals surface area contributed by atoms with Crippen molar-refractivity contribution in [2.24, 2.45) is 0 Å². The predicted octanol–water partition coefficient (Wildman–Crippen LogP) is 4.67. The quantitative estimate of drug-likeness (QED) is 0.737. The third kappa shape index (κ3) is 1.84. The molecule has 2 atom stereocenters. The van der Waals surface area contributed by atoms with Crippen LogP contribution in [-0.4, -0.2) is 6.18 Å². The Hall–Kier alpha value is -1.77. The smallest absolute Gasteiger partial charge is 0.170 e. The molecule has 0 spiro atoms. The Balaban J connectivity index is 2.04. The second kappa shape index (κ2) is 4.12. The summed E-state index contributed by atoms with van der Waals surface area (Å²) in [7, 11) is 0. The molecule has 1 saturated carbocycles. The lowest BCUT2D eigenvalue weighted by Gasteiger charge is -2.22. The molecule has 1 aliphatic carbocycles. The molecule has 0 aliphatic heterocycles. The molecule has 0 heterocycles. The van der Waals surface area contributed by atoms with E-state index in [1.54, 1.807) is 54.6 Å². The minimum Gasteiger partial charge on any atom is -0.170 e. The number of benzene rings is 2. The molecule has 1 aliphatic rings. The van der Waals surface area contributed by atoms with Crippen molar-refractivity contribution in [1.82, 2.24) is 0 Å². The Labute approximate surface area is 109 Å². The van der Waals surface area contributed by atoms with E-state index in [0.717, 1.165) is 5.56 Å². The Morgan fingerprint density at radius 3 is 1.89 bits per heavy atom. The van der Waals surface area contributed by atoms with Crippen LogP contribution in [0.3, 0.4) is 0 Å². The van der Waals surface area contributed by atoms with Gasteiger partial charge in [-0.2, -0.15) is 13.2 Å². The molecule has 19 heavy (non-hydrogen) atoms. The van der Waals surface area contributed by atoms with Crippen LogP contribution in [0.4, 0.5) is 13.2 Å². The molecular weight excluding hydrogens is 249 g/mol. The highest BCUT2D eigenvalue weighted by Gasteiger charge is 2.71. The number of rotatable bonds is 2. The molecule has 0 nitrogen and oxygen atoms in total. The highest BCUT2D eigenvalue weighted by Crippen LogP contribution is 2.67. The van der Waals surface area contributed by atoms with Gasteiger partial charge in [0.25, 0.3) is 0 Å². The first kappa shape index (κ1) is 12.3. The topological polar surface area (TPSA) is 0 Å². The van der Waals surface area contributed by atoms with Crippen molar-refractivity contribution in [3.63, 3.8) is 0 Å². The highest BCUT2D eigenvalue weighted by molar-refractivity contribution is 5.45. The van der Waals surface area contributed by atoms with Gasteiger partial charge >= 0.3 is 6.18 Å². The van der Waals surface area contributed by atoms with Crippen molar-refractivity contribution in [1.29, 1.82) is 0 Å². The van der Waals surface area contributed by atoms with Crippen LogP contribution < -0.4 is 0 Å². The van der Waals surface area contributed by atoms with E-state index in [-0.39, 0.29) is 6.42 Å². The van der Waals surface area contributed by atoms with E-state index >= 15 is 0 Å². The summed E-state index contributed by atoms with van der Waals surface area (Å²) in [6.45, 7) is 0. The van der Waals surface area contributed by atoms with Crippen LogP contribution in [0.1, 0.15) is 23.5 Å². The molecule has 0 bridgehead atoms. The van der Waals surface area contributed by atoms with E-state index in [1.165, 1.54) is 0 Å². The van der Waals surface area contributed by atoms with Crippen molar-refractivity contribution >= 4 is 0 Å². The van der Waals surface area contributed by atoms with E-state index in [2.05, 4.69) is 0 Å². The molecule has 0 aromatic heterocycles. The second-order valence-electron chi connectivity index (χ2n) is 5.00. The van der Waals surface area contributed by atoms with E-state index in [0.29, 0.717) is 5.56 Å². The molecule has 0 radical (unpaired) electrons. The monoisotopic (exact) mass is 262 g/mol. The van der Waals surface area contributed by atoms with Crippen LogP contribution in [0.5, 0.6) is 0 Å². The van der Waals surface area contributed by atoms with Crippen LogP contribution in [0.25, 0.3) is 0 Å². The Morgan fingerprint density at radius 1 is 0.842 bits per heavy atom. The van der Waals surface area contributed by atoms with E-state index in [4.69, 9.17) is 0 Å². The van der Waals surface area contributed by atoms with Gasteiger partial charge in [-0.3, -0.25) is 0 Å². The van der Waals surface area contributed by atoms with Crippen molar-refractivity contribution in [3.05, 3.63) is 71.8 Å². The van der Waals surface area contributed by atoms with Crippen molar-refractivity contribution in [2.45, 2.75) is 23.9 Å². The predicted molar refractivity (Wildman–Crippen MR) is 68.0 cm³/mol. The van der Waals surface area contributed by atoms with Gasteiger partial charge < -0.3 is 0 Å². The first-order valence-electron chi connectivity index (χ1n) is 6.23. The summed E-state index contributed by atoms with van der Waals surface area (Å²) in [5.74, 6) is -0.462. The molecule has 3 heteroatoms. The summed E-state index contributed by atoms with van der Waals surface area (Å²) in [5.41, 5.74) is -0.560. The average molecular weight is 262 g/mol. The van der Waals surface area contributed by atoms with Crippen LogP contribution in [0.15, 0.2) is 60.7 Å². The minimum atomic E-state index is -4.21. The zero-order valence-electron chi connectivity index (χ0n) is 10.2. The van der Waals surface area contributed by atoms with E-state index in [1.807, 2.05) is 6.07 Å². The summed E-state index contributed by atoms with van der Waals surface area (Å²) >= 11 is 0. The summed E-state index contributed by atoms with van der Waals surface area (Å²) < 4.78 is 40.6. The Bertz CT molecular complexity index is 560. The minimum absolute atomic E-state index is 0.143. The van der Waals surface area contributed by atoms with Crippen molar-refractivity contribution in [3.8, 4) is 0 Å². The number of alkyl halides is 3. The van der Waals surface area contributed by atoms with Gasteiger partial charge in [-0.15, -0.1) is 0 Å². The zero-order chi connectivity index (χ0) is 13.5. The van der Waals surface area contributed by atoms with Crippen LogP contribution in [0.2, 0.25) is 0 Å². The lowest BCUT2D eigenvalue weighted by Crippen LogP contribution is -2.30. The fourth-order valence-corrected chi connectivity index (χ4v) is 2.88.